The van der Waals surface area contributed by atoms with Gasteiger partial charge in [0.25, 0.3) is 0 Å². The predicted octanol–water partition coefficient (Wildman–Crippen LogP) is 1.99. The summed E-state index contributed by atoms with van der Waals surface area (Å²) in [6.07, 6.45) is 1.60. The van der Waals surface area contributed by atoms with Crippen LogP contribution in [-0.4, -0.2) is 46.1 Å². The van der Waals surface area contributed by atoms with Gasteiger partial charge in [0.2, 0.25) is 10.0 Å². The molecular weight excluding hydrogens is 308 g/mol. The number of hydrogen-bond donors (Lipinski definition) is 1. The standard InChI is InChI=1S/C14H24N2O3S2/c1-5-7-16(8-9-19-4)21(17,18)14-12(3)11-20-13(14)10-15-6-2/h5,11,15H,1,6-10H2,2-4H3. The molecule has 1 heterocycles. The third-order valence-electron chi connectivity index (χ3n) is 3.00. The van der Waals surface area contributed by atoms with E-state index in [-0.39, 0.29) is 6.54 Å². The largest absolute Gasteiger partial charge is 0.383 e. The number of nitrogens with zero attached hydrogens (tertiary/aromatic N) is 1. The minimum absolute atomic E-state index is 0.279. The summed E-state index contributed by atoms with van der Waals surface area (Å²) < 4.78 is 32.2. The molecule has 0 atom stereocenters. The molecule has 0 aliphatic rings. The molecular formula is C14H24N2O3S2. The van der Waals surface area contributed by atoms with Gasteiger partial charge in [-0.1, -0.05) is 13.0 Å². The average Bonchev–Trinajstić information content (AvgIpc) is 2.82. The molecule has 120 valence electrons. The number of methoxy groups -OCH3 is 1. The van der Waals surface area contributed by atoms with E-state index in [1.165, 1.54) is 15.6 Å². The molecule has 0 bridgehead atoms. The minimum Gasteiger partial charge on any atom is -0.383 e. The molecule has 0 radical (unpaired) electrons. The van der Waals surface area contributed by atoms with E-state index in [0.717, 1.165) is 17.0 Å². The normalized spacial score (nSPS) is 12.0. The highest BCUT2D eigenvalue weighted by Gasteiger charge is 2.28. The number of hydrogen-bond acceptors (Lipinski definition) is 5. The van der Waals surface area contributed by atoms with E-state index < -0.39 is 10.0 Å². The van der Waals surface area contributed by atoms with E-state index in [1.807, 2.05) is 19.2 Å². The maximum absolute atomic E-state index is 12.9. The Balaban J connectivity index is 3.14. The number of sulfonamides is 1. The van der Waals surface area contributed by atoms with E-state index in [9.17, 15) is 8.42 Å². The fourth-order valence-corrected chi connectivity index (χ4v) is 5.10. The first-order valence-electron chi connectivity index (χ1n) is 6.86. The molecule has 0 aliphatic carbocycles. The number of aryl methyl sites for hydroxylation is 1. The lowest BCUT2D eigenvalue weighted by atomic mass is 10.3. The number of rotatable bonds is 10. The van der Waals surface area contributed by atoms with E-state index in [4.69, 9.17) is 4.74 Å². The van der Waals surface area contributed by atoms with Crippen LogP contribution in [0.1, 0.15) is 17.4 Å². The summed E-state index contributed by atoms with van der Waals surface area (Å²) in [7, 11) is -1.97. The van der Waals surface area contributed by atoms with Crippen molar-refractivity contribution in [1.29, 1.82) is 0 Å². The highest BCUT2D eigenvalue weighted by atomic mass is 32.2. The molecule has 0 aromatic carbocycles. The molecule has 1 rings (SSSR count). The Morgan fingerprint density at radius 2 is 2.24 bits per heavy atom. The minimum atomic E-state index is -3.53. The van der Waals surface area contributed by atoms with Crippen molar-refractivity contribution >= 4 is 21.4 Å². The first-order chi connectivity index (χ1) is 9.98. The molecule has 1 aromatic rings. The maximum Gasteiger partial charge on any atom is 0.244 e. The van der Waals surface area contributed by atoms with Crippen LogP contribution >= 0.6 is 11.3 Å². The Hall–Kier alpha value is -0.730. The molecule has 0 amide bonds. The summed E-state index contributed by atoms with van der Waals surface area (Å²) in [4.78, 5) is 1.27. The van der Waals surface area contributed by atoms with Crippen molar-refractivity contribution < 1.29 is 13.2 Å². The van der Waals surface area contributed by atoms with Crippen molar-refractivity contribution in [3.8, 4) is 0 Å². The molecule has 0 saturated carbocycles. The van der Waals surface area contributed by atoms with Gasteiger partial charge >= 0.3 is 0 Å². The van der Waals surface area contributed by atoms with Crippen LogP contribution in [0.25, 0.3) is 0 Å². The molecule has 0 unspecified atom stereocenters. The Kier molecular flexibility index (Phi) is 7.55. The van der Waals surface area contributed by atoms with Crippen LogP contribution in [0.2, 0.25) is 0 Å². The Bertz CT molecular complexity index is 553. The average molecular weight is 332 g/mol. The summed E-state index contributed by atoms with van der Waals surface area (Å²) >= 11 is 1.48. The zero-order valence-corrected chi connectivity index (χ0v) is 14.5. The summed E-state index contributed by atoms with van der Waals surface area (Å²) in [5.74, 6) is 0. The van der Waals surface area contributed by atoms with Crippen molar-refractivity contribution in [3.05, 3.63) is 28.5 Å². The molecule has 5 nitrogen and oxygen atoms in total. The van der Waals surface area contributed by atoms with Crippen molar-refractivity contribution in [3.63, 3.8) is 0 Å². The lowest BCUT2D eigenvalue weighted by Crippen LogP contribution is -2.35. The molecule has 0 fully saturated rings. The van der Waals surface area contributed by atoms with Gasteiger partial charge in [0, 0.05) is 31.6 Å². The third kappa shape index (κ3) is 4.62. The van der Waals surface area contributed by atoms with Gasteiger partial charge in [0.15, 0.2) is 0 Å². The number of nitrogens with one attached hydrogen (secondary N) is 1. The molecule has 0 aliphatic heterocycles. The summed E-state index contributed by atoms with van der Waals surface area (Å²) in [6.45, 7) is 9.80. The molecule has 21 heavy (non-hydrogen) atoms. The highest BCUT2D eigenvalue weighted by molar-refractivity contribution is 7.89. The highest BCUT2D eigenvalue weighted by Crippen LogP contribution is 2.29. The van der Waals surface area contributed by atoms with Gasteiger partial charge in [-0.3, -0.25) is 0 Å². The van der Waals surface area contributed by atoms with E-state index >= 15 is 0 Å². The first kappa shape index (κ1) is 18.3. The summed E-state index contributed by atoms with van der Waals surface area (Å²) in [6, 6.07) is 0. The summed E-state index contributed by atoms with van der Waals surface area (Å²) in [5.41, 5.74) is 0.791. The van der Waals surface area contributed by atoms with Crippen molar-refractivity contribution in [1.82, 2.24) is 9.62 Å². The van der Waals surface area contributed by atoms with Crippen LogP contribution in [0.3, 0.4) is 0 Å². The fourth-order valence-electron chi connectivity index (χ4n) is 1.97. The fraction of sp³-hybridized carbons (Fsp3) is 0.571. The molecule has 0 spiro atoms. The van der Waals surface area contributed by atoms with E-state index in [1.54, 1.807) is 13.2 Å². The van der Waals surface area contributed by atoms with Crippen LogP contribution in [0.5, 0.6) is 0 Å². The second-order valence-electron chi connectivity index (χ2n) is 4.60. The van der Waals surface area contributed by atoms with Gasteiger partial charge in [-0.25, -0.2) is 8.42 Å². The maximum atomic E-state index is 12.9. The van der Waals surface area contributed by atoms with Crippen LogP contribution in [-0.2, 0) is 21.3 Å². The monoisotopic (exact) mass is 332 g/mol. The SMILES string of the molecule is C=CCN(CCOC)S(=O)(=O)c1c(C)csc1CNCC. The van der Waals surface area contributed by atoms with Crippen molar-refractivity contribution in [2.75, 3.05) is 33.4 Å². The Morgan fingerprint density at radius 1 is 1.52 bits per heavy atom. The number of thiophene rings is 1. The predicted molar refractivity (Wildman–Crippen MR) is 87.3 cm³/mol. The third-order valence-corrected chi connectivity index (χ3v) is 6.33. The smallest absolute Gasteiger partial charge is 0.244 e. The van der Waals surface area contributed by atoms with Gasteiger partial charge in [-0.05, 0) is 24.4 Å². The quantitative estimate of drug-likeness (QED) is 0.666. The topological polar surface area (TPSA) is 58.6 Å². The summed E-state index contributed by atoms with van der Waals surface area (Å²) in [5, 5.41) is 5.08. The Morgan fingerprint density at radius 3 is 2.81 bits per heavy atom. The van der Waals surface area contributed by atoms with Gasteiger partial charge in [0.1, 0.15) is 4.90 Å². The van der Waals surface area contributed by atoms with Gasteiger partial charge < -0.3 is 10.1 Å². The van der Waals surface area contributed by atoms with Gasteiger partial charge in [0.05, 0.1) is 6.61 Å². The van der Waals surface area contributed by atoms with Crippen LogP contribution in [0.4, 0.5) is 0 Å². The first-order valence-corrected chi connectivity index (χ1v) is 9.18. The van der Waals surface area contributed by atoms with E-state index in [2.05, 4.69) is 11.9 Å². The van der Waals surface area contributed by atoms with Crippen LogP contribution < -0.4 is 5.32 Å². The van der Waals surface area contributed by atoms with Crippen LogP contribution in [0, 0.1) is 6.92 Å². The lowest BCUT2D eigenvalue weighted by Gasteiger charge is -2.21. The molecule has 1 aromatic heterocycles. The van der Waals surface area contributed by atoms with Crippen molar-refractivity contribution in [2.24, 2.45) is 0 Å². The van der Waals surface area contributed by atoms with E-state index in [0.29, 0.717) is 24.6 Å². The zero-order chi connectivity index (χ0) is 15.9. The second-order valence-corrected chi connectivity index (χ2v) is 7.43. The number of ether oxygens (including phenoxy) is 1. The second kappa shape index (κ2) is 8.65. The van der Waals surface area contributed by atoms with Gasteiger partial charge in [-0.15, -0.1) is 17.9 Å². The van der Waals surface area contributed by atoms with Gasteiger partial charge in [-0.2, -0.15) is 4.31 Å². The van der Waals surface area contributed by atoms with Crippen LogP contribution in [0.15, 0.2) is 22.9 Å². The molecule has 0 saturated heterocycles. The lowest BCUT2D eigenvalue weighted by molar-refractivity contribution is 0.182. The molecule has 1 N–H and O–H groups in total. The van der Waals surface area contributed by atoms with Crippen molar-refractivity contribution in [2.45, 2.75) is 25.3 Å². The Labute approximate surface area is 131 Å². The zero-order valence-electron chi connectivity index (χ0n) is 12.9. The molecule has 7 heteroatoms.